The van der Waals surface area contributed by atoms with Gasteiger partial charge in [0.15, 0.2) is 6.04 Å². The van der Waals surface area contributed by atoms with Gasteiger partial charge < -0.3 is 15.0 Å². The first kappa shape index (κ1) is 18.3. The number of fused-ring (bicyclic) bond motifs is 1. The van der Waals surface area contributed by atoms with Crippen LogP contribution in [-0.2, 0) is 16.0 Å². The number of quaternary nitrogens is 1. The molecule has 4 rings (SSSR count). The fourth-order valence-corrected chi connectivity index (χ4v) is 3.79. The number of ether oxygens (including phenoxy) is 1. The Morgan fingerprint density at radius 3 is 2.79 bits per heavy atom. The van der Waals surface area contributed by atoms with Gasteiger partial charge in [-0.1, -0.05) is 30.3 Å². The molecule has 3 N–H and O–H groups in total. The smallest absolute Gasteiger partial charge is 0.292 e. The number of benzene rings is 2. The quantitative estimate of drug-likeness (QED) is 0.617. The lowest BCUT2D eigenvalue weighted by atomic mass is 10.1. The van der Waals surface area contributed by atoms with E-state index in [-0.39, 0.29) is 24.3 Å². The van der Waals surface area contributed by atoms with E-state index in [1.807, 2.05) is 42.7 Å². The standard InChI is InChI=1S/C22H23N3O3/c1-2-28-20-10-6-5-9-19(20)25-21(26)13-18(22(25)27)23-12-11-15-14-24-17-8-4-3-7-16(15)17/h3-10,14,18,23-24H,2,11-13H2,1H3/p+1/t18-/m0/s1. The number of carbonyl (C=O) groups excluding carboxylic acids is 2. The van der Waals surface area contributed by atoms with Crippen LogP contribution in [0.5, 0.6) is 5.75 Å². The van der Waals surface area contributed by atoms with E-state index < -0.39 is 0 Å². The van der Waals surface area contributed by atoms with Gasteiger partial charge in [-0.2, -0.15) is 0 Å². The number of imide groups is 1. The maximum absolute atomic E-state index is 12.9. The Morgan fingerprint density at radius 1 is 1.14 bits per heavy atom. The van der Waals surface area contributed by atoms with Gasteiger partial charge in [-0.3, -0.25) is 9.59 Å². The predicted octanol–water partition coefficient (Wildman–Crippen LogP) is 2.00. The third kappa shape index (κ3) is 3.39. The maximum Gasteiger partial charge on any atom is 0.292 e. The fourth-order valence-electron chi connectivity index (χ4n) is 3.79. The van der Waals surface area contributed by atoms with Crippen molar-refractivity contribution in [2.45, 2.75) is 25.8 Å². The number of hydrogen-bond donors (Lipinski definition) is 2. The van der Waals surface area contributed by atoms with E-state index in [2.05, 4.69) is 17.1 Å². The lowest BCUT2D eigenvalue weighted by Gasteiger charge is -2.18. The van der Waals surface area contributed by atoms with Crippen molar-refractivity contribution in [3.63, 3.8) is 0 Å². The van der Waals surface area contributed by atoms with Gasteiger partial charge in [-0.05, 0) is 30.7 Å². The molecule has 1 saturated heterocycles. The molecule has 2 aromatic carbocycles. The van der Waals surface area contributed by atoms with Crippen LogP contribution in [0, 0.1) is 0 Å². The van der Waals surface area contributed by atoms with Crippen LogP contribution in [0.4, 0.5) is 5.69 Å². The Kier molecular flexibility index (Phi) is 5.12. The molecule has 2 heterocycles. The Labute approximate surface area is 163 Å². The summed E-state index contributed by atoms with van der Waals surface area (Å²) >= 11 is 0. The van der Waals surface area contributed by atoms with E-state index in [1.165, 1.54) is 15.8 Å². The van der Waals surface area contributed by atoms with Crippen molar-refractivity contribution in [3.05, 3.63) is 60.3 Å². The molecule has 28 heavy (non-hydrogen) atoms. The highest BCUT2D eigenvalue weighted by Gasteiger charge is 2.43. The van der Waals surface area contributed by atoms with Crippen molar-refractivity contribution < 1.29 is 19.6 Å². The number of H-pyrrole nitrogens is 1. The van der Waals surface area contributed by atoms with Gasteiger partial charge in [0.1, 0.15) is 5.75 Å². The highest BCUT2D eigenvalue weighted by atomic mass is 16.5. The minimum atomic E-state index is -0.382. The van der Waals surface area contributed by atoms with Crippen molar-refractivity contribution in [1.29, 1.82) is 0 Å². The lowest BCUT2D eigenvalue weighted by molar-refractivity contribution is -0.674. The third-order valence-electron chi connectivity index (χ3n) is 5.13. The van der Waals surface area contributed by atoms with Gasteiger partial charge in [0.25, 0.3) is 5.91 Å². The van der Waals surface area contributed by atoms with Crippen LogP contribution in [0.15, 0.2) is 54.7 Å². The summed E-state index contributed by atoms with van der Waals surface area (Å²) in [5.41, 5.74) is 2.87. The number of aromatic nitrogens is 1. The maximum atomic E-state index is 12.9. The summed E-state index contributed by atoms with van der Waals surface area (Å²) in [6.07, 6.45) is 3.06. The minimum Gasteiger partial charge on any atom is -0.492 e. The second-order valence-electron chi connectivity index (χ2n) is 6.91. The second kappa shape index (κ2) is 7.86. The summed E-state index contributed by atoms with van der Waals surface area (Å²) in [6, 6.07) is 15.0. The molecule has 0 aliphatic carbocycles. The normalized spacial score (nSPS) is 16.9. The van der Waals surface area contributed by atoms with Crippen molar-refractivity contribution in [2.75, 3.05) is 18.1 Å². The van der Waals surface area contributed by atoms with E-state index in [0.29, 0.717) is 18.0 Å². The van der Waals surface area contributed by atoms with Crippen molar-refractivity contribution in [1.82, 2.24) is 4.98 Å². The number of nitrogens with zero attached hydrogens (tertiary/aromatic N) is 1. The largest absolute Gasteiger partial charge is 0.492 e. The monoisotopic (exact) mass is 378 g/mol. The molecular formula is C22H24N3O3+. The van der Waals surface area contributed by atoms with Gasteiger partial charge in [0, 0.05) is 23.5 Å². The van der Waals surface area contributed by atoms with E-state index in [9.17, 15) is 9.59 Å². The molecule has 1 aromatic heterocycles. The van der Waals surface area contributed by atoms with Crippen LogP contribution in [0.3, 0.4) is 0 Å². The Hall–Kier alpha value is -3.12. The first-order chi connectivity index (χ1) is 13.7. The molecular weight excluding hydrogens is 354 g/mol. The van der Waals surface area contributed by atoms with E-state index in [0.717, 1.165) is 18.5 Å². The van der Waals surface area contributed by atoms with Gasteiger partial charge in [-0.25, -0.2) is 4.90 Å². The molecule has 1 aliphatic heterocycles. The van der Waals surface area contributed by atoms with Crippen LogP contribution in [0.25, 0.3) is 10.9 Å². The van der Waals surface area contributed by atoms with Crippen LogP contribution in [0.1, 0.15) is 18.9 Å². The zero-order valence-corrected chi connectivity index (χ0v) is 15.9. The molecule has 0 spiro atoms. The predicted molar refractivity (Wildman–Crippen MR) is 107 cm³/mol. The molecule has 1 aliphatic rings. The number of rotatable bonds is 7. The molecule has 6 nitrogen and oxygen atoms in total. The van der Waals surface area contributed by atoms with Gasteiger partial charge in [0.05, 0.1) is 25.3 Å². The first-order valence-electron chi connectivity index (χ1n) is 9.66. The van der Waals surface area contributed by atoms with E-state index in [4.69, 9.17) is 4.74 Å². The van der Waals surface area contributed by atoms with Crippen LogP contribution < -0.4 is 15.0 Å². The number of nitrogens with one attached hydrogen (secondary N) is 1. The number of anilines is 1. The van der Waals surface area contributed by atoms with E-state index >= 15 is 0 Å². The minimum absolute atomic E-state index is 0.170. The topological polar surface area (TPSA) is 79.0 Å². The third-order valence-corrected chi connectivity index (χ3v) is 5.13. The second-order valence-corrected chi connectivity index (χ2v) is 6.91. The number of nitrogens with two attached hydrogens (primary N) is 1. The average Bonchev–Trinajstić information content (AvgIpc) is 3.24. The molecule has 0 saturated carbocycles. The molecule has 144 valence electrons. The summed E-state index contributed by atoms with van der Waals surface area (Å²) in [4.78, 5) is 30.0. The SMILES string of the molecule is CCOc1ccccc1N1C(=O)C[C@H]([NH2+]CCc2c[nH]c3ccccc23)C1=O. The Balaban J connectivity index is 1.43. The van der Waals surface area contributed by atoms with Gasteiger partial charge >= 0.3 is 0 Å². The number of aromatic amines is 1. The summed E-state index contributed by atoms with van der Waals surface area (Å²) in [7, 11) is 0. The van der Waals surface area contributed by atoms with Crippen molar-refractivity contribution >= 4 is 28.4 Å². The summed E-state index contributed by atoms with van der Waals surface area (Å²) in [5.74, 6) is 0.215. The molecule has 1 atom stereocenters. The Bertz CT molecular complexity index is 1010. The lowest BCUT2D eigenvalue weighted by Crippen LogP contribution is -2.92. The molecule has 2 amide bonds. The molecule has 1 fully saturated rings. The summed E-state index contributed by atoms with van der Waals surface area (Å²) in [5, 5.41) is 3.18. The van der Waals surface area contributed by atoms with Gasteiger partial charge in [0.2, 0.25) is 5.91 Å². The fraction of sp³-hybridized carbons (Fsp3) is 0.273. The zero-order valence-electron chi connectivity index (χ0n) is 15.9. The molecule has 0 bridgehead atoms. The molecule has 0 unspecified atom stereocenters. The van der Waals surface area contributed by atoms with Gasteiger partial charge in [-0.15, -0.1) is 0 Å². The molecule has 6 heteroatoms. The number of para-hydroxylation sites is 3. The first-order valence-corrected chi connectivity index (χ1v) is 9.66. The highest BCUT2D eigenvalue weighted by Crippen LogP contribution is 2.31. The zero-order chi connectivity index (χ0) is 19.5. The van der Waals surface area contributed by atoms with E-state index in [1.54, 1.807) is 12.1 Å². The number of hydrogen-bond acceptors (Lipinski definition) is 3. The van der Waals surface area contributed by atoms with Crippen molar-refractivity contribution in [3.8, 4) is 5.75 Å². The summed E-state index contributed by atoms with van der Waals surface area (Å²) < 4.78 is 5.59. The molecule has 0 radical (unpaired) electrons. The van der Waals surface area contributed by atoms with Crippen LogP contribution >= 0.6 is 0 Å². The average molecular weight is 378 g/mol. The summed E-state index contributed by atoms with van der Waals surface area (Å²) in [6.45, 7) is 3.10. The van der Waals surface area contributed by atoms with Crippen LogP contribution in [0.2, 0.25) is 0 Å². The van der Waals surface area contributed by atoms with Crippen LogP contribution in [-0.4, -0.2) is 36.0 Å². The molecule has 3 aromatic rings. The highest BCUT2D eigenvalue weighted by molar-refractivity contribution is 6.22. The number of amides is 2. The Morgan fingerprint density at radius 2 is 1.93 bits per heavy atom. The van der Waals surface area contributed by atoms with Crippen molar-refractivity contribution in [2.24, 2.45) is 0 Å². The number of carbonyl (C=O) groups is 2.